The van der Waals surface area contributed by atoms with Crippen LogP contribution in [-0.2, 0) is 11.1 Å². The molecule has 4 aliphatic rings. The molecule has 2 fully saturated rings. The van der Waals surface area contributed by atoms with Gasteiger partial charge in [0.25, 0.3) is 0 Å². The van der Waals surface area contributed by atoms with Crippen molar-refractivity contribution in [3.05, 3.63) is 122 Å². The third-order valence-electron chi connectivity index (χ3n) is 12.4. The van der Waals surface area contributed by atoms with E-state index in [2.05, 4.69) is 40.3 Å². The maximum Gasteiger partial charge on any atom is 0.391 e. The Balaban J connectivity index is 0.000000144. The van der Waals surface area contributed by atoms with Crippen LogP contribution < -0.4 is 9.80 Å². The summed E-state index contributed by atoms with van der Waals surface area (Å²) >= 11 is 0. The van der Waals surface area contributed by atoms with Crippen LogP contribution in [0.1, 0.15) is 56.0 Å². The van der Waals surface area contributed by atoms with Crippen molar-refractivity contribution in [3.8, 4) is 46.0 Å². The minimum atomic E-state index is -4.37. The first-order valence-electron chi connectivity index (χ1n) is 20.8. The Hall–Kier alpha value is -7.52. The van der Waals surface area contributed by atoms with Gasteiger partial charge in [0, 0.05) is 49.0 Å². The smallest absolute Gasteiger partial charge is 0.341 e. The topological polar surface area (TPSA) is 155 Å². The van der Waals surface area contributed by atoms with Crippen LogP contribution in [0.25, 0.3) is 46.0 Å². The SMILES string of the molecule is Cc1nnc2n1-c1cnc(-n3ccnc3-c3ccccc3)nc1N1CCCC21CC(F)(F)F.FC(F)(F)CC12CCCN1c1nc(-n3ccnc3-c3ccccc3)ncc1-n1cnnc12. The second-order valence-corrected chi connectivity index (χ2v) is 16.3. The third-order valence-corrected chi connectivity index (χ3v) is 12.4. The Morgan fingerprint density at radius 3 is 1.63 bits per heavy atom. The first kappa shape index (κ1) is 40.3. The molecule has 6 aromatic heterocycles. The highest BCUT2D eigenvalue weighted by Gasteiger charge is 2.57. The van der Waals surface area contributed by atoms with Gasteiger partial charge in [0.1, 0.15) is 46.3 Å². The number of imidazole rings is 2. The lowest BCUT2D eigenvalue weighted by Gasteiger charge is -2.43. The molecule has 2 aromatic carbocycles. The number of benzene rings is 2. The van der Waals surface area contributed by atoms with Crippen molar-refractivity contribution in [3.63, 3.8) is 0 Å². The quantitative estimate of drug-likeness (QED) is 0.151. The molecule has 2 unspecified atom stereocenters. The average Bonchev–Trinajstić information content (AvgIpc) is 4.15. The molecule has 0 radical (unpaired) electrons. The summed E-state index contributed by atoms with van der Waals surface area (Å²) in [4.78, 5) is 30.9. The van der Waals surface area contributed by atoms with E-state index < -0.39 is 36.3 Å². The van der Waals surface area contributed by atoms with Crippen molar-refractivity contribution < 1.29 is 26.3 Å². The van der Waals surface area contributed by atoms with Crippen LogP contribution in [0.15, 0.2) is 104 Å². The lowest BCUT2D eigenvalue weighted by Crippen LogP contribution is -2.50. The Kier molecular flexibility index (Phi) is 9.15. The van der Waals surface area contributed by atoms with E-state index in [1.807, 2.05) is 60.7 Å². The Bertz CT molecular complexity index is 3050. The number of rotatable bonds is 6. The minimum Gasteiger partial charge on any atom is -0.341 e. The monoisotopic (exact) mass is 890 g/mol. The van der Waals surface area contributed by atoms with Crippen molar-refractivity contribution in [2.75, 3.05) is 22.9 Å². The normalized spacial score (nSPS) is 19.4. The summed E-state index contributed by atoms with van der Waals surface area (Å²) in [5, 5.41) is 16.3. The predicted molar refractivity (Wildman–Crippen MR) is 222 cm³/mol. The summed E-state index contributed by atoms with van der Waals surface area (Å²) in [6.45, 7) is 2.62. The highest BCUT2D eigenvalue weighted by molar-refractivity contribution is 5.67. The highest BCUT2D eigenvalue weighted by atomic mass is 19.4. The molecule has 12 rings (SSSR count). The van der Waals surface area contributed by atoms with Crippen molar-refractivity contribution in [1.82, 2.24) is 68.6 Å². The zero-order chi connectivity index (χ0) is 44.7. The van der Waals surface area contributed by atoms with Gasteiger partial charge < -0.3 is 9.80 Å². The van der Waals surface area contributed by atoms with E-state index in [-0.39, 0.29) is 5.82 Å². The van der Waals surface area contributed by atoms with Crippen molar-refractivity contribution >= 4 is 11.6 Å². The molecule has 2 saturated heterocycles. The second-order valence-electron chi connectivity index (χ2n) is 16.3. The fraction of sp³-hybridized carbons (Fsp3) is 0.302. The predicted octanol–water partition coefficient (Wildman–Crippen LogP) is 7.65. The van der Waals surface area contributed by atoms with E-state index in [9.17, 15) is 26.3 Å². The summed E-state index contributed by atoms with van der Waals surface area (Å²) in [5.41, 5.74) is 0.243. The average molecular weight is 891 g/mol. The fourth-order valence-electron chi connectivity index (χ4n) is 9.91. The van der Waals surface area contributed by atoms with Gasteiger partial charge >= 0.3 is 12.4 Å². The molecule has 0 saturated carbocycles. The number of halogens is 6. The lowest BCUT2D eigenvalue weighted by atomic mass is 9.88. The van der Waals surface area contributed by atoms with Crippen LogP contribution >= 0.6 is 0 Å². The van der Waals surface area contributed by atoms with Crippen LogP contribution in [0, 0.1) is 6.92 Å². The van der Waals surface area contributed by atoms with E-state index in [0.717, 1.165) is 11.1 Å². The summed E-state index contributed by atoms with van der Waals surface area (Å²) in [6.07, 6.45) is 2.52. The van der Waals surface area contributed by atoms with E-state index in [1.54, 1.807) is 72.2 Å². The Morgan fingerprint density at radius 1 is 0.585 bits per heavy atom. The van der Waals surface area contributed by atoms with Crippen LogP contribution in [0.2, 0.25) is 0 Å². The molecule has 0 N–H and O–H groups in total. The number of nitrogens with zero attached hydrogens (tertiary/aromatic N) is 16. The number of alkyl halides is 6. The molecule has 0 amide bonds. The van der Waals surface area contributed by atoms with E-state index >= 15 is 0 Å². The van der Waals surface area contributed by atoms with Gasteiger partial charge in [-0.1, -0.05) is 60.7 Å². The summed E-state index contributed by atoms with van der Waals surface area (Å²) in [7, 11) is 0. The Labute approximate surface area is 365 Å². The number of fused-ring (bicyclic) bond motifs is 12. The third kappa shape index (κ3) is 6.59. The van der Waals surface area contributed by atoms with Crippen LogP contribution in [0.5, 0.6) is 0 Å². The standard InChI is InChI=1S/C22H19F3N8.C21H17F3N8/c1-14-29-30-19-21(13-22(23,24)25)8-5-10-32(21)18-16(33(14)19)12-27-20(28-18)31-11-9-26-17(31)15-6-3-2-4-7-15;22-21(23,24)12-20-7-4-9-32(20)17-15(31-13-27-29-18(20)31)11-26-19(28-17)30-10-8-25-16(30)14-5-2-1-3-6-14/h2-4,6-7,9,11-12H,5,8,10,13H2,1H3;1-3,5-6,8,10-11,13H,4,7,9,12H2. The molecule has 0 aliphatic carbocycles. The number of hydrogen-bond donors (Lipinski definition) is 0. The van der Waals surface area contributed by atoms with Crippen LogP contribution in [0.3, 0.4) is 0 Å². The highest BCUT2D eigenvalue weighted by Crippen LogP contribution is 2.53. The summed E-state index contributed by atoms with van der Waals surface area (Å²) < 4.78 is 89.0. The fourth-order valence-corrected chi connectivity index (χ4v) is 9.91. The van der Waals surface area contributed by atoms with Crippen molar-refractivity contribution in [2.45, 2.75) is 68.9 Å². The van der Waals surface area contributed by atoms with Gasteiger partial charge in [-0.3, -0.25) is 18.3 Å². The van der Waals surface area contributed by atoms with E-state index in [4.69, 9.17) is 9.97 Å². The zero-order valence-corrected chi connectivity index (χ0v) is 34.4. The lowest BCUT2D eigenvalue weighted by molar-refractivity contribution is -0.149. The molecule has 330 valence electrons. The van der Waals surface area contributed by atoms with Crippen molar-refractivity contribution in [2.24, 2.45) is 0 Å². The molecular formula is C43H36F6N16. The molecule has 4 aliphatic heterocycles. The zero-order valence-electron chi connectivity index (χ0n) is 34.4. The van der Waals surface area contributed by atoms with Crippen LogP contribution in [0.4, 0.5) is 38.0 Å². The van der Waals surface area contributed by atoms with E-state index in [0.29, 0.717) is 97.0 Å². The number of aryl methyl sites for hydroxylation is 1. The molecule has 2 atom stereocenters. The van der Waals surface area contributed by atoms with Gasteiger partial charge in [0.2, 0.25) is 11.9 Å². The van der Waals surface area contributed by atoms with Gasteiger partial charge in [0.15, 0.2) is 23.3 Å². The van der Waals surface area contributed by atoms with Gasteiger partial charge in [0.05, 0.1) is 25.2 Å². The van der Waals surface area contributed by atoms with E-state index in [1.165, 1.54) is 6.33 Å². The molecule has 0 spiro atoms. The molecular weight excluding hydrogens is 855 g/mol. The molecule has 22 heteroatoms. The molecule has 16 nitrogen and oxygen atoms in total. The number of anilines is 2. The molecule has 0 bridgehead atoms. The number of hydrogen-bond acceptors (Lipinski definition) is 12. The minimum absolute atomic E-state index is 0.281. The molecule has 8 aromatic rings. The summed E-state index contributed by atoms with van der Waals surface area (Å²) in [6, 6.07) is 19.2. The first-order chi connectivity index (χ1) is 31.3. The van der Waals surface area contributed by atoms with Crippen molar-refractivity contribution in [1.29, 1.82) is 0 Å². The largest absolute Gasteiger partial charge is 0.391 e. The molecule has 65 heavy (non-hydrogen) atoms. The van der Waals surface area contributed by atoms with Gasteiger partial charge in [-0.05, 0) is 32.6 Å². The summed E-state index contributed by atoms with van der Waals surface area (Å²) in [5.74, 6) is 3.95. The van der Waals surface area contributed by atoms with Crippen LogP contribution in [-0.4, -0.2) is 94.0 Å². The maximum absolute atomic E-state index is 13.8. The Morgan fingerprint density at radius 2 is 1.09 bits per heavy atom. The second kappa shape index (κ2) is 14.8. The first-order valence-corrected chi connectivity index (χ1v) is 20.8. The maximum atomic E-state index is 13.8. The van der Waals surface area contributed by atoms with Gasteiger partial charge in [-0.15, -0.1) is 20.4 Å². The van der Waals surface area contributed by atoms with Gasteiger partial charge in [-0.2, -0.15) is 36.3 Å². The number of aromatic nitrogens is 14. The molecule has 10 heterocycles. The van der Waals surface area contributed by atoms with Gasteiger partial charge in [-0.25, -0.2) is 19.9 Å².